The number of carbonyl (C=O) groups excluding carboxylic acids is 2. The molecule has 5 rings (SSSR count). The van der Waals surface area contributed by atoms with Crippen molar-refractivity contribution in [1.82, 2.24) is 20.6 Å². The van der Waals surface area contributed by atoms with Crippen molar-refractivity contribution in [2.75, 3.05) is 5.75 Å². The van der Waals surface area contributed by atoms with Gasteiger partial charge in [-0.2, -0.15) is 0 Å². The fourth-order valence-electron chi connectivity index (χ4n) is 4.86. The van der Waals surface area contributed by atoms with Gasteiger partial charge in [0.05, 0.1) is 17.1 Å². The lowest BCUT2D eigenvalue weighted by atomic mass is 10.0. The van der Waals surface area contributed by atoms with Crippen LogP contribution in [0.15, 0.2) is 108 Å². The number of phenols is 1. The molecule has 226 valence electrons. The number of hydrogen-bond donors (Lipinski definition) is 3. The average molecular weight is 613 g/mol. The van der Waals surface area contributed by atoms with Crippen LogP contribution >= 0.6 is 0 Å². The Hall–Kier alpha value is -5.03. The number of hydrogen-bond acceptors (Lipinski definition) is 8. The van der Waals surface area contributed by atoms with Crippen LogP contribution < -0.4 is 10.6 Å². The SMILES string of the molecule is O=C(N[C@@H](CS(=O)(=O)Cc1ccccc1)C(=O)NC(CCc1ccccc1O)Cc1nc2ccccc2o1)c1cccnc1. The van der Waals surface area contributed by atoms with Crippen LogP contribution in [0.1, 0.15) is 33.8 Å². The number of phenolic OH excluding ortho intramolecular Hbond substituents is 1. The number of oxazole rings is 1. The summed E-state index contributed by atoms with van der Waals surface area (Å²) in [5.74, 6) is -1.68. The first kappa shape index (κ1) is 30.4. The number of nitrogens with zero attached hydrogens (tertiary/aromatic N) is 2. The van der Waals surface area contributed by atoms with Gasteiger partial charge in [0, 0.05) is 24.9 Å². The van der Waals surface area contributed by atoms with E-state index in [1.165, 1.54) is 18.5 Å². The third kappa shape index (κ3) is 8.29. The molecule has 0 fully saturated rings. The molecule has 0 spiro atoms. The van der Waals surface area contributed by atoms with E-state index in [1.54, 1.807) is 60.7 Å². The number of nitrogens with one attached hydrogen (secondary N) is 2. The Bertz CT molecular complexity index is 1790. The van der Waals surface area contributed by atoms with Gasteiger partial charge >= 0.3 is 0 Å². The van der Waals surface area contributed by atoms with Crippen molar-refractivity contribution in [3.8, 4) is 5.75 Å². The molecule has 3 N–H and O–H groups in total. The minimum Gasteiger partial charge on any atom is -0.508 e. The van der Waals surface area contributed by atoms with Crippen LogP contribution in [0, 0.1) is 0 Å². The Morgan fingerprint density at radius 3 is 2.39 bits per heavy atom. The molecule has 11 heteroatoms. The van der Waals surface area contributed by atoms with Gasteiger partial charge in [-0.05, 0) is 54.3 Å². The molecule has 0 aliphatic rings. The van der Waals surface area contributed by atoms with Gasteiger partial charge in [-0.3, -0.25) is 14.6 Å². The lowest BCUT2D eigenvalue weighted by Gasteiger charge is -2.23. The third-order valence-electron chi connectivity index (χ3n) is 7.05. The first-order valence-electron chi connectivity index (χ1n) is 14.1. The van der Waals surface area contributed by atoms with Gasteiger partial charge in [0.25, 0.3) is 5.91 Å². The van der Waals surface area contributed by atoms with E-state index in [-0.39, 0.29) is 23.5 Å². The van der Waals surface area contributed by atoms with Gasteiger partial charge in [-0.1, -0.05) is 60.7 Å². The first-order chi connectivity index (χ1) is 21.3. The number of sulfone groups is 1. The zero-order chi connectivity index (χ0) is 30.9. The standard InChI is InChI=1S/C33H32N4O6S/c38-29-14-6-4-11-24(29)16-17-26(19-31-36-27-13-5-7-15-30(27)43-31)35-33(40)28(37-32(39)25-12-8-18-34-20-25)22-44(41,42)21-23-9-2-1-3-10-23/h1-15,18,20,26,28,38H,16-17,19,21-22H2,(H,35,40)(H,37,39)/t26?,28-/m0/s1. The van der Waals surface area contributed by atoms with E-state index in [0.717, 1.165) is 0 Å². The van der Waals surface area contributed by atoms with Crippen molar-refractivity contribution in [3.05, 3.63) is 126 Å². The highest BCUT2D eigenvalue weighted by atomic mass is 32.2. The largest absolute Gasteiger partial charge is 0.508 e. The highest BCUT2D eigenvalue weighted by molar-refractivity contribution is 7.90. The molecule has 3 aromatic carbocycles. The number of aryl methyl sites for hydroxylation is 1. The second-order valence-electron chi connectivity index (χ2n) is 10.5. The number of fused-ring (bicyclic) bond motifs is 1. The Labute approximate surface area is 255 Å². The lowest BCUT2D eigenvalue weighted by Crippen LogP contribution is -2.53. The zero-order valence-electron chi connectivity index (χ0n) is 23.8. The quantitative estimate of drug-likeness (QED) is 0.181. The van der Waals surface area contributed by atoms with E-state index in [1.807, 2.05) is 24.3 Å². The number of para-hydroxylation sites is 3. The second kappa shape index (κ2) is 14.0. The molecule has 0 aliphatic carbocycles. The molecule has 0 bridgehead atoms. The summed E-state index contributed by atoms with van der Waals surface area (Å²) in [5, 5.41) is 15.8. The summed E-state index contributed by atoms with van der Waals surface area (Å²) in [6.45, 7) is 0. The number of rotatable bonds is 13. The van der Waals surface area contributed by atoms with Gasteiger partial charge < -0.3 is 20.2 Å². The van der Waals surface area contributed by atoms with Crippen LogP contribution in [-0.2, 0) is 33.2 Å². The highest BCUT2D eigenvalue weighted by Crippen LogP contribution is 2.21. The lowest BCUT2D eigenvalue weighted by molar-refractivity contribution is -0.123. The number of amides is 2. The minimum absolute atomic E-state index is 0.132. The summed E-state index contributed by atoms with van der Waals surface area (Å²) in [6.07, 6.45) is 3.84. The summed E-state index contributed by atoms with van der Waals surface area (Å²) in [5.41, 5.74) is 2.72. The van der Waals surface area contributed by atoms with E-state index < -0.39 is 39.5 Å². The summed E-state index contributed by atoms with van der Waals surface area (Å²) >= 11 is 0. The number of pyridine rings is 1. The van der Waals surface area contributed by atoms with Crippen LogP contribution in [0.25, 0.3) is 11.1 Å². The maximum atomic E-state index is 13.8. The van der Waals surface area contributed by atoms with E-state index >= 15 is 0 Å². The van der Waals surface area contributed by atoms with Crippen molar-refractivity contribution in [1.29, 1.82) is 0 Å². The molecule has 0 saturated heterocycles. The van der Waals surface area contributed by atoms with Crippen LogP contribution in [0.2, 0.25) is 0 Å². The van der Waals surface area contributed by atoms with Crippen LogP contribution in [0.5, 0.6) is 5.75 Å². The number of aromatic hydroxyl groups is 1. The van der Waals surface area contributed by atoms with Gasteiger partial charge in [-0.25, -0.2) is 13.4 Å². The molecular weight excluding hydrogens is 580 g/mol. The van der Waals surface area contributed by atoms with Crippen LogP contribution in [-0.4, -0.2) is 53.1 Å². The van der Waals surface area contributed by atoms with E-state index in [2.05, 4.69) is 20.6 Å². The molecule has 10 nitrogen and oxygen atoms in total. The van der Waals surface area contributed by atoms with Crippen molar-refractivity contribution in [2.24, 2.45) is 0 Å². The summed E-state index contributed by atoms with van der Waals surface area (Å²) in [6, 6.07) is 24.0. The summed E-state index contributed by atoms with van der Waals surface area (Å²) in [7, 11) is -3.83. The predicted octanol–water partition coefficient (Wildman–Crippen LogP) is 4.00. The first-order valence-corrected chi connectivity index (χ1v) is 15.9. The Kier molecular flexibility index (Phi) is 9.65. The molecule has 2 atom stereocenters. The van der Waals surface area contributed by atoms with Crippen LogP contribution in [0.4, 0.5) is 0 Å². The molecule has 0 saturated carbocycles. The molecule has 44 heavy (non-hydrogen) atoms. The minimum atomic E-state index is -3.83. The van der Waals surface area contributed by atoms with E-state index in [9.17, 15) is 23.1 Å². The van der Waals surface area contributed by atoms with Crippen LogP contribution in [0.3, 0.4) is 0 Å². The Morgan fingerprint density at radius 1 is 0.886 bits per heavy atom. The molecule has 0 radical (unpaired) electrons. The molecule has 0 aliphatic heterocycles. The Balaban J connectivity index is 1.38. The zero-order valence-corrected chi connectivity index (χ0v) is 24.6. The van der Waals surface area contributed by atoms with Gasteiger partial charge in [0.15, 0.2) is 21.3 Å². The maximum absolute atomic E-state index is 13.8. The molecular formula is C33H32N4O6S. The fourth-order valence-corrected chi connectivity index (χ4v) is 6.42. The third-order valence-corrected chi connectivity index (χ3v) is 8.67. The number of benzene rings is 3. The van der Waals surface area contributed by atoms with Crippen molar-refractivity contribution >= 4 is 32.8 Å². The Morgan fingerprint density at radius 2 is 1.64 bits per heavy atom. The molecule has 2 aromatic heterocycles. The summed E-state index contributed by atoms with van der Waals surface area (Å²) < 4.78 is 32.4. The normalized spacial score (nSPS) is 12.8. The van der Waals surface area contributed by atoms with E-state index in [0.29, 0.717) is 41.0 Å². The fraction of sp³-hybridized carbons (Fsp3) is 0.212. The number of carbonyl (C=O) groups is 2. The highest BCUT2D eigenvalue weighted by Gasteiger charge is 2.30. The molecule has 2 amide bonds. The predicted molar refractivity (Wildman–Crippen MR) is 165 cm³/mol. The van der Waals surface area contributed by atoms with Crippen molar-refractivity contribution < 1.29 is 27.5 Å². The van der Waals surface area contributed by atoms with Gasteiger partial charge in [0.2, 0.25) is 5.91 Å². The summed E-state index contributed by atoms with van der Waals surface area (Å²) in [4.78, 5) is 35.3. The molecule has 5 aromatic rings. The van der Waals surface area contributed by atoms with Gasteiger partial charge in [-0.15, -0.1) is 0 Å². The molecule has 2 heterocycles. The van der Waals surface area contributed by atoms with Gasteiger partial charge in [0.1, 0.15) is 17.3 Å². The number of aromatic nitrogens is 2. The monoisotopic (exact) mass is 612 g/mol. The van der Waals surface area contributed by atoms with E-state index in [4.69, 9.17) is 4.42 Å². The smallest absolute Gasteiger partial charge is 0.253 e. The second-order valence-corrected chi connectivity index (χ2v) is 12.6. The average Bonchev–Trinajstić information content (AvgIpc) is 3.43. The topological polar surface area (TPSA) is 151 Å². The van der Waals surface area contributed by atoms with Crippen molar-refractivity contribution in [2.45, 2.75) is 37.1 Å². The van der Waals surface area contributed by atoms with Crippen molar-refractivity contribution in [3.63, 3.8) is 0 Å². The maximum Gasteiger partial charge on any atom is 0.253 e. The molecule has 1 unspecified atom stereocenters.